The van der Waals surface area contributed by atoms with Crippen LogP contribution in [0.15, 0.2) is 24.3 Å². The van der Waals surface area contributed by atoms with E-state index in [0.717, 1.165) is 74.6 Å². The minimum absolute atomic E-state index is 0. The highest BCUT2D eigenvalue weighted by Gasteiger charge is 2.29. The molecule has 1 saturated carbocycles. The molecule has 1 fully saturated rings. The van der Waals surface area contributed by atoms with Crippen molar-refractivity contribution in [2.24, 2.45) is 0 Å². The zero-order valence-electron chi connectivity index (χ0n) is 19.7. The van der Waals surface area contributed by atoms with Crippen LogP contribution < -0.4 is 10.6 Å². The first kappa shape index (κ1) is 25.9. The number of rotatable bonds is 4. The second kappa shape index (κ2) is 11.3. The van der Waals surface area contributed by atoms with Crippen LogP contribution >= 0.6 is 35.3 Å². The molecule has 0 unspecified atom stereocenters. The van der Waals surface area contributed by atoms with Gasteiger partial charge in [0.05, 0.1) is 5.69 Å². The predicted molar refractivity (Wildman–Crippen MR) is 143 cm³/mol. The van der Waals surface area contributed by atoms with Gasteiger partial charge in [-0.05, 0) is 44.2 Å². The average Bonchev–Trinajstić information content (AvgIpc) is 3.41. The second-order valence-corrected chi connectivity index (χ2v) is 11.0. The minimum Gasteiger partial charge on any atom is -0.351 e. The lowest BCUT2D eigenvalue weighted by molar-refractivity contribution is 0.0868. The molecule has 1 aromatic carbocycles. The van der Waals surface area contributed by atoms with Crippen LogP contribution in [0.2, 0.25) is 5.02 Å². The molecule has 0 bridgehead atoms. The fourth-order valence-corrected chi connectivity index (χ4v) is 6.22. The van der Waals surface area contributed by atoms with Crippen molar-refractivity contribution in [1.29, 1.82) is 0 Å². The molecule has 0 radical (unpaired) electrons. The Morgan fingerprint density at radius 3 is 2.54 bits per heavy atom. The van der Waals surface area contributed by atoms with E-state index in [9.17, 15) is 9.59 Å². The van der Waals surface area contributed by atoms with Crippen molar-refractivity contribution in [3.05, 3.63) is 50.6 Å². The maximum atomic E-state index is 13.2. The van der Waals surface area contributed by atoms with Gasteiger partial charge in [-0.25, -0.2) is 4.98 Å². The molecule has 5 rings (SSSR count). The summed E-state index contributed by atoms with van der Waals surface area (Å²) in [5, 5.41) is 8.48. The van der Waals surface area contributed by atoms with Crippen molar-refractivity contribution in [3.63, 3.8) is 0 Å². The Bertz CT molecular complexity index is 1210. The van der Waals surface area contributed by atoms with E-state index in [2.05, 4.69) is 32.5 Å². The number of halogens is 2. The van der Waals surface area contributed by atoms with Crippen molar-refractivity contribution in [2.75, 3.05) is 13.6 Å². The molecule has 2 amide bonds. The third-order valence-corrected chi connectivity index (χ3v) is 8.16. The van der Waals surface area contributed by atoms with Gasteiger partial charge in [-0.15, -0.1) is 23.7 Å². The third-order valence-electron chi connectivity index (χ3n) is 6.84. The number of nitrogens with zero attached hydrogens (tertiary/aromatic N) is 2. The number of nitrogens with one attached hydrogen (secondary N) is 3. The van der Waals surface area contributed by atoms with Gasteiger partial charge >= 0.3 is 0 Å². The first-order chi connectivity index (χ1) is 16.5. The van der Waals surface area contributed by atoms with E-state index in [1.807, 2.05) is 18.2 Å². The Morgan fingerprint density at radius 1 is 1.09 bits per heavy atom. The molecule has 0 saturated heterocycles. The molecule has 35 heavy (non-hydrogen) atoms. The van der Waals surface area contributed by atoms with Crippen LogP contribution in [-0.2, 0) is 13.0 Å². The Hall–Kier alpha value is -2.13. The summed E-state index contributed by atoms with van der Waals surface area (Å²) in [5.41, 5.74) is 2.42. The van der Waals surface area contributed by atoms with Gasteiger partial charge < -0.3 is 20.5 Å². The number of benzene rings is 1. The number of hydrogen-bond donors (Lipinski definition) is 3. The average molecular weight is 537 g/mol. The van der Waals surface area contributed by atoms with E-state index < -0.39 is 0 Å². The fraction of sp³-hybridized carbons (Fsp3) is 0.480. The number of carbonyl (C=O) groups excluding carboxylic acids is 2. The van der Waals surface area contributed by atoms with Crippen molar-refractivity contribution in [2.45, 2.75) is 63.6 Å². The van der Waals surface area contributed by atoms with E-state index in [1.165, 1.54) is 16.2 Å². The third kappa shape index (κ3) is 6.00. The molecule has 188 valence electrons. The summed E-state index contributed by atoms with van der Waals surface area (Å²) in [7, 11) is 2.09. The lowest BCUT2D eigenvalue weighted by Gasteiger charge is -2.30. The molecular formula is C25H31Cl2N5O2S. The number of H-pyrrole nitrogens is 1. The topological polar surface area (TPSA) is 90.1 Å². The largest absolute Gasteiger partial charge is 0.351 e. The highest BCUT2D eigenvalue weighted by Crippen LogP contribution is 2.26. The number of carbonyl (C=O) groups is 2. The lowest BCUT2D eigenvalue weighted by Crippen LogP contribution is -2.52. The Morgan fingerprint density at radius 2 is 1.80 bits per heavy atom. The summed E-state index contributed by atoms with van der Waals surface area (Å²) in [4.78, 5) is 37.5. The van der Waals surface area contributed by atoms with Crippen LogP contribution in [-0.4, -0.2) is 52.4 Å². The van der Waals surface area contributed by atoms with Crippen molar-refractivity contribution in [1.82, 2.24) is 25.5 Å². The van der Waals surface area contributed by atoms with Crippen LogP contribution in [0.5, 0.6) is 0 Å². The number of aromatic nitrogens is 2. The zero-order chi connectivity index (χ0) is 23.7. The smallest absolute Gasteiger partial charge is 0.280 e. The maximum absolute atomic E-state index is 13.2. The Labute approximate surface area is 220 Å². The van der Waals surface area contributed by atoms with E-state index >= 15 is 0 Å². The summed E-state index contributed by atoms with van der Waals surface area (Å²) in [5.74, 6) is -0.294. The van der Waals surface area contributed by atoms with E-state index in [-0.39, 0.29) is 36.3 Å². The number of amides is 2. The van der Waals surface area contributed by atoms with Gasteiger partial charge in [0.25, 0.3) is 11.8 Å². The van der Waals surface area contributed by atoms with Gasteiger partial charge in [-0.1, -0.05) is 37.3 Å². The normalized spacial score (nSPS) is 20.9. The minimum atomic E-state index is -0.162. The quantitative estimate of drug-likeness (QED) is 0.441. The van der Waals surface area contributed by atoms with Gasteiger partial charge in [0.15, 0.2) is 5.01 Å². The molecule has 2 atom stereocenters. The molecule has 7 nitrogen and oxygen atoms in total. The summed E-state index contributed by atoms with van der Waals surface area (Å²) in [6.07, 6.45) is 6.90. The molecule has 1 aliphatic carbocycles. The van der Waals surface area contributed by atoms with E-state index in [1.54, 1.807) is 6.07 Å². The molecular weight excluding hydrogens is 505 g/mol. The first-order valence-corrected chi connectivity index (χ1v) is 13.2. The summed E-state index contributed by atoms with van der Waals surface area (Å²) in [6.45, 7) is 1.81. The molecule has 2 aromatic heterocycles. The molecule has 10 heteroatoms. The van der Waals surface area contributed by atoms with Gasteiger partial charge in [-0.2, -0.15) is 0 Å². The standard InChI is InChI=1S/C25H30ClN5O2S.ClH/c1-31-11-10-20-22(14-31)34-25(30-20)24(33)29-19-7-5-3-2-4-6-18(19)28-23(32)21-13-15-12-16(26)8-9-17(15)27-21;/h8-9,12-13,18-19,27H,2-7,10-11,14H2,1H3,(H,28,32)(H,29,33);1H/t18-,19+;/m0./s1. The number of aromatic amines is 1. The van der Waals surface area contributed by atoms with Gasteiger partial charge in [0.1, 0.15) is 5.69 Å². The Kier molecular flexibility index (Phi) is 8.37. The van der Waals surface area contributed by atoms with Gasteiger partial charge in [0, 0.05) is 52.4 Å². The monoisotopic (exact) mass is 535 g/mol. The molecule has 1 aliphatic heterocycles. The predicted octanol–water partition coefficient (Wildman–Crippen LogP) is 4.94. The molecule has 3 heterocycles. The molecule has 2 aliphatic rings. The molecule has 0 spiro atoms. The second-order valence-electron chi connectivity index (χ2n) is 9.44. The van der Waals surface area contributed by atoms with Crippen LogP contribution in [0.3, 0.4) is 0 Å². The van der Waals surface area contributed by atoms with Crippen molar-refractivity contribution >= 4 is 58.1 Å². The van der Waals surface area contributed by atoms with Crippen LogP contribution in [0, 0.1) is 0 Å². The lowest BCUT2D eigenvalue weighted by atomic mass is 9.92. The first-order valence-electron chi connectivity index (χ1n) is 12.0. The summed E-state index contributed by atoms with van der Waals surface area (Å²) < 4.78 is 0. The summed E-state index contributed by atoms with van der Waals surface area (Å²) >= 11 is 7.59. The van der Waals surface area contributed by atoms with Crippen LogP contribution in [0.1, 0.15) is 69.4 Å². The van der Waals surface area contributed by atoms with E-state index in [0.29, 0.717) is 15.7 Å². The van der Waals surface area contributed by atoms with Gasteiger partial charge in [-0.3, -0.25) is 9.59 Å². The van der Waals surface area contributed by atoms with Crippen LogP contribution in [0.25, 0.3) is 10.9 Å². The molecule has 3 aromatic rings. The molecule has 3 N–H and O–H groups in total. The van der Waals surface area contributed by atoms with Crippen LogP contribution in [0.4, 0.5) is 0 Å². The number of thiazole rings is 1. The SMILES string of the molecule is CN1CCc2nc(C(=O)N[C@@H]3CCCCCC[C@@H]3NC(=O)c3cc4cc(Cl)ccc4[nH]3)sc2C1.Cl. The number of fused-ring (bicyclic) bond motifs is 2. The zero-order valence-corrected chi connectivity index (χ0v) is 22.1. The Balaban J connectivity index is 0.00000289. The number of likely N-dealkylation sites (N-methyl/N-ethyl adjacent to an activating group) is 1. The van der Waals surface area contributed by atoms with Gasteiger partial charge in [0.2, 0.25) is 0 Å². The fourth-order valence-electron chi connectivity index (χ4n) is 4.95. The van der Waals surface area contributed by atoms with Crippen molar-refractivity contribution < 1.29 is 9.59 Å². The summed E-state index contributed by atoms with van der Waals surface area (Å²) in [6, 6.07) is 7.08. The number of hydrogen-bond acceptors (Lipinski definition) is 5. The van der Waals surface area contributed by atoms with Crippen molar-refractivity contribution in [3.8, 4) is 0 Å². The highest BCUT2D eigenvalue weighted by atomic mass is 35.5. The highest BCUT2D eigenvalue weighted by molar-refractivity contribution is 7.13. The maximum Gasteiger partial charge on any atom is 0.280 e. The van der Waals surface area contributed by atoms with E-state index in [4.69, 9.17) is 11.6 Å².